The first-order chi connectivity index (χ1) is 9.65. The van der Waals surface area contributed by atoms with Gasteiger partial charge in [-0.05, 0) is 42.8 Å². The van der Waals surface area contributed by atoms with Crippen LogP contribution in [0.1, 0.15) is 15.9 Å². The second-order valence-electron chi connectivity index (χ2n) is 4.62. The lowest BCUT2D eigenvalue weighted by atomic mass is 10.1. The highest BCUT2D eigenvalue weighted by Crippen LogP contribution is 2.19. The average Bonchev–Trinajstić information content (AvgIpc) is 2.86. The molecular formula is C15H14N4O. The fraction of sp³-hybridized carbons (Fsp3) is 0.0667. The number of benzene rings is 1. The molecule has 0 bridgehead atoms. The van der Waals surface area contributed by atoms with Crippen molar-refractivity contribution in [3.63, 3.8) is 0 Å². The van der Waals surface area contributed by atoms with Crippen LogP contribution in [-0.2, 0) is 0 Å². The van der Waals surface area contributed by atoms with Crippen molar-refractivity contribution in [2.24, 2.45) is 0 Å². The van der Waals surface area contributed by atoms with Gasteiger partial charge in [-0.15, -0.1) is 0 Å². The molecule has 0 unspecified atom stereocenters. The number of hydrogen-bond donors (Lipinski definition) is 2. The Morgan fingerprint density at radius 1 is 1.30 bits per heavy atom. The first kappa shape index (κ1) is 12.2. The summed E-state index contributed by atoms with van der Waals surface area (Å²) in [5, 5.41) is 7.04. The Morgan fingerprint density at radius 3 is 2.95 bits per heavy atom. The zero-order valence-electron chi connectivity index (χ0n) is 11.0. The Balaban J connectivity index is 1.93. The van der Waals surface area contributed by atoms with Gasteiger partial charge in [0.1, 0.15) is 0 Å². The zero-order chi connectivity index (χ0) is 14.1. The molecule has 0 saturated heterocycles. The molecule has 2 aromatic heterocycles. The first-order valence-electron chi connectivity index (χ1n) is 6.25. The normalized spacial score (nSPS) is 10.7. The van der Waals surface area contributed by atoms with Gasteiger partial charge in [-0.25, -0.2) is 4.52 Å². The molecule has 0 atom stereocenters. The van der Waals surface area contributed by atoms with E-state index in [4.69, 9.17) is 5.73 Å². The summed E-state index contributed by atoms with van der Waals surface area (Å²) in [5.74, 6) is -0.181. The van der Waals surface area contributed by atoms with E-state index in [1.165, 1.54) is 0 Å². The summed E-state index contributed by atoms with van der Waals surface area (Å²) in [6.45, 7) is 1.90. The van der Waals surface area contributed by atoms with Crippen molar-refractivity contribution in [2.75, 3.05) is 11.1 Å². The fourth-order valence-electron chi connectivity index (χ4n) is 2.13. The number of aryl methyl sites for hydroxylation is 1. The van der Waals surface area contributed by atoms with Crippen molar-refractivity contribution in [3.8, 4) is 0 Å². The van der Waals surface area contributed by atoms with Gasteiger partial charge in [0.2, 0.25) is 0 Å². The van der Waals surface area contributed by atoms with Gasteiger partial charge in [0.25, 0.3) is 5.91 Å². The number of nitrogen functional groups attached to an aromatic ring is 1. The molecule has 3 aromatic rings. The second-order valence-corrected chi connectivity index (χ2v) is 4.62. The SMILES string of the molecule is Cc1cc(N)ccc1NC(=O)c1cnn2ccccc12. The molecule has 1 amide bonds. The number of nitrogens with two attached hydrogens (primary N) is 1. The van der Waals surface area contributed by atoms with Gasteiger partial charge in [0, 0.05) is 17.6 Å². The molecule has 0 radical (unpaired) electrons. The molecule has 3 rings (SSSR count). The minimum Gasteiger partial charge on any atom is -0.399 e. The van der Waals surface area contributed by atoms with Crippen LogP contribution >= 0.6 is 0 Å². The van der Waals surface area contributed by atoms with Crippen molar-refractivity contribution < 1.29 is 4.79 Å². The predicted molar refractivity (Wildman–Crippen MR) is 78.7 cm³/mol. The summed E-state index contributed by atoms with van der Waals surface area (Å²) < 4.78 is 1.67. The standard InChI is InChI=1S/C15H14N4O/c1-10-8-11(16)5-6-13(10)18-15(20)12-9-17-19-7-3-2-4-14(12)19/h2-9H,16H2,1H3,(H,18,20). The molecule has 20 heavy (non-hydrogen) atoms. The topological polar surface area (TPSA) is 72.4 Å². The molecule has 0 spiro atoms. The van der Waals surface area contributed by atoms with Gasteiger partial charge in [0.05, 0.1) is 17.3 Å². The Morgan fingerprint density at radius 2 is 2.15 bits per heavy atom. The maximum Gasteiger partial charge on any atom is 0.259 e. The summed E-state index contributed by atoms with van der Waals surface area (Å²) in [4.78, 5) is 12.3. The molecule has 3 N–H and O–H groups in total. The number of hydrogen-bond acceptors (Lipinski definition) is 3. The van der Waals surface area contributed by atoms with Crippen molar-refractivity contribution in [1.29, 1.82) is 0 Å². The van der Waals surface area contributed by atoms with Gasteiger partial charge in [-0.2, -0.15) is 5.10 Å². The number of carbonyl (C=O) groups is 1. The highest BCUT2D eigenvalue weighted by atomic mass is 16.1. The van der Waals surface area contributed by atoms with Crippen molar-refractivity contribution in [1.82, 2.24) is 9.61 Å². The van der Waals surface area contributed by atoms with E-state index in [1.807, 2.05) is 31.2 Å². The molecule has 5 heteroatoms. The molecule has 100 valence electrons. The van der Waals surface area contributed by atoms with E-state index in [9.17, 15) is 4.79 Å². The van der Waals surface area contributed by atoms with E-state index in [-0.39, 0.29) is 5.91 Å². The third-order valence-corrected chi connectivity index (χ3v) is 3.17. The number of pyridine rings is 1. The third kappa shape index (κ3) is 2.09. The van der Waals surface area contributed by atoms with E-state index in [0.29, 0.717) is 11.3 Å². The Kier molecular flexibility index (Phi) is 2.87. The molecule has 0 aliphatic heterocycles. The van der Waals surface area contributed by atoms with Gasteiger partial charge in [-0.3, -0.25) is 4.79 Å². The maximum atomic E-state index is 12.3. The van der Waals surface area contributed by atoms with Crippen LogP contribution in [0.25, 0.3) is 5.52 Å². The summed E-state index contributed by atoms with van der Waals surface area (Å²) in [7, 11) is 0. The number of nitrogens with zero attached hydrogens (tertiary/aromatic N) is 2. The van der Waals surface area contributed by atoms with Crippen LogP contribution in [0, 0.1) is 6.92 Å². The number of amides is 1. The second kappa shape index (κ2) is 4.70. The highest BCUT2D eigenvalue weighted by molar-refractivity contribution is 6.09. The zero-order valence-corrected chi connectivity index (χ0v) is 11.0. The smallest absolute Gasteiger partial charge is 0.259 e. The number of carbonyl (C=O) groups excluding carboxylic acids is 1. The number of aromatic nitrogens is 2. The van der Waals surface area contributed by atoms with Crippen LogP contribution in [0.2, 0.25) is 0 Å². The van der Waals surface area contributed by atoms with E-state index in [2.05, 4.69) is 10.4 Å². The Bertz CT molecular complexity index is 791. The lowest BCUT2D eigenvalue weighted by molar-refractivity contribution is 0.102. The third-order valence-electron chi connectivity index (χ3n) is 3.17. The minimum absolute atomic E-state index is 0.181. The van der Waals surface area contributed by atoms with Gasteiger partial charge < -0.3 is 11.1 Å². The number of nitrogens with one attached hydrogen (secondary N) is 1. The largest absolute Gasteiger partial charge is 0.399 e. The number of fused-ring (bicyclic) bond motifs is 1. The molecule has 0 fully saturated rings. The van der Waals surface area contributed by atoms with Crippen molar-refractivity contribution >= 4 is 22.8 Å². The average molecular weight is 266 g/mol. The predicted octanol–water partition coefficient (Wildman–Crippen LogP) is 2.48. The molecule has 2 heterocycles. The minimum atomic E-state index is -0.181. The van der Waals surface area contributed by atoms with Crippen LogP contribution in [-0.4, -0.2) is 15.5 Å². The summed E-state index contributed by atoms with van der Waals surface area (Å²) in [6, 6.07) is 11.0. The lowest BCUT2D eigenvalue weighted by Gasteiger charge is -2.08. The van der Waals surface area contributed by atoms with Crippen LogP contribution in [0.3, 0.4) is 0 Å². The van der Waals surface area contributed by atoms with E-state index < -0.39 is 0 Å². The van der Waals surface area contributed by atoms with E-state index in [1.54, 1.807) is 29.0 Å². The van der Waals surface area contributed by atoms with Crippen molar-refractivity contribution in [3.05, 3.63) is 59.9 Å². The Labute approximate surface area is 116 Å². The fourth-order valence-corrected chi connectivity index (χ4v) is 2.13. The monoisotopic (exact) mass is 266 g/mol. The summed E-state index contributed by atoms with van der Waals surface area (Å²) in [6.07, 6.45) is 3.37. The summed E-state index contributed by atoms with van der Waals surface area (Å²) >= 11 is 0. The van der Waals surface area contributed by atoms with Crippen LogP contribution in [0.4, 0.5) is 11.4 Å². The highest BCUT2D eigenvalue weighted by Gasteiger charge is 2.13. The quantitative estimate of drug-likeness (QED) is 0.700. The van der Waals surface area contributed by atoms with Gasteiger partial charge >= 0.3 is 0 Å². The molecule has 0 aliphatic rings. The maximum absolute atomic E-state index is 12.3. The van der Waals surface area contributed by atoms with Gasteiger partial charge in [0.15, 0.2) is 0 Å². The van der Waals surface area contributed by atoms with Crippen LogP contribution in [0.5, 0.6) is 0 Å². The van der Waals surface area contributed by atoms with Crippen molar-refractivity contribution in [2.45, 2.75) is 6.92 Å². The molecule has 1 aromatic carbocycles. The van der Waals surface area contributed by atoms with Gasteiger partial charge in [-0.1, -0.05) is 6.07 Å². The number of anilines is 2. The Hall–Kier alpha value is -2.82. The van der Waals surface area contributed by atoms with E-state index >= 15 is 0 Å². The summed E-state index contributed by atoms with van der Waals surface area (Å²) in [5.41, 5.74) is 9.37. The lowest BCUT2D eigenvalue weighted by Crippen LogP contribution is -2.12. The molecule has 0 aliphatic carbocycles. The molecule has 0 saturated carbocycles. The van der Waals surface area contributed by atoms with Crippen LogP contribution < -0.4 is 11.1 Å². The number of rotatable bonds is 2. The first-order valence-corrected chi connectivity index (χ1v) is 6.25. The molecular weight excluding hydrogens is 252 g/mol. The van der Waals surface area contributed by atoms with E-state index in [0.717, 1.165) is 16.8 Å². The molecule has 5 nitrogen and oxygen atoms in total. The van der Waals surface area contributed by atoms with Crippen LogP contribution in [0.15, 0.2) is 48.8 Å².